The molecule has 1 rings (SSSR count). The Labute approximate surface area is 161 Å². The van der Waals surface area contributed by atoms with Crippen LogP contribution < -0.4 is 4.90 Å². The van der Waals surface area contributed by atoms with Gasteiger partial charge in [0.05, 0.1) is 26.0 Å². The fourth-order valence-corrected chi connectivity index (χ4v) is 4.22. The molecule has 0 aliphatic rings. The number of aliphatic hydroxyl groups excluding tert-OH is 1. The lowest BCUT2D eigenvalue weighted by atomic mass is 10.1. The van der Waals surface area contributed by atoms with E-state index >= 15 is 0 Å². The van der Waals surface area contributed by atoms with Gasteiger partial charge in [0.15, 0.2) is 0 Å². The van der Waals surface area contributed by atoms with Crippen LogP contribution in [0.15, 0.2) is 41.6 Å². The summed E-state index contributed by atoms with van der Waals surface area (Å²) in [6.45, 7) is 7.27. The number of hydrogen-bond donors (Lipinski definition) is 1. The summed E-state index contributed by atoms with van der Waals surface area (Å²) in [4.78, 5) is 18.6. The molecule has 1 N–H and O–H groups in total. The number of amides is 1. The van der Waals surface area contributed by atoms with E-state index in [-0.39, 0.29) is 31.9 Å². The van der Waals surface area contributed by atoms with Crippen LogP contribution >= 0.6 is 7.60 Å². The number of nitrogens with zero attached hydrogens (tertiary/aromatic N) is 2. The number of rotatable bonds is 10. The minimum atomic E-state index is -3.34. The van der Waals surface area contributed by atoms with Crippen LogP contribution in [0.4, 0.5) is 5.82 Å². The molecule has 0 saturated carbocycles. The van der Waals surface area contributed by atoms with Crippen molar-refractivity contribution in [2.24, 2.45) is 0 Å². The third kappa shape index (κ3) is 6.40. The van der Waals surface area contributed by atoms with Gasteiger partial charge in [-0.1, -0.05) is 18.2 Å². The quantitative estimate of drug-likeness (QED) is 0.369. The summed E-state index contributed by atoms with van der Waals surface area (Å²) in [7, 11) is -1.75. The third-order valence-electron chi connectivity index (χ3n) is 3.77. The van der Waals surface area contributed by atoms with Gasteiger partial charge in [-0.15, -0.1) is 0 Å². The molecule has 1 aromatic heterocycles. The van der Waals surface area contributed by atoms with E-state index in [0.29, 0.717) is 22.5 Å². The van der Waals surface area contributed by atoms with E-state index in [0.717, 1.165) is 0 Å². The number of anilines is 1. The van der Waals surface area contributed by atoms with Crippen LogP contribution in [-0.2, 0) is 24.6 Å². The predicted octanol–water partition coefficient (Wildman–Crippen LogP) is 3.70. The minimum Gasteiger partial charge on any atom is -0.392 e. The van der Waals surface area contributed by atoms with Gasteiger partial charge >= 0.3 is 7.60 Å². The highest BCUT2D eigenvalue weighted by molar-refractivity contribution is 7.53. The molecule has 150 valence electrons. The Hall–Kier alpha value is -1.79. The van der Waals surface area contributed by atoms with Crippen molar-refractivity contribution in [1.82, 2.24) is 4.98 Å². The fraction of sp³-hybridized carbons (Fsp3) is 0.474. The summed E-state index contributed by atoms with van der Waals surface area (Å²) >= 11 is 0. The van der Waals surface area contributed by atoms with Crippen LogP contribution in [0.25, 0.3) is 0 Å². The van der Waals surface area contributed by atoms with Crippen molar-refractivity contribution >= 4 is 19.3 Å². The summed E-state index contributed by atoms with van der Waals surface area (Å²) in [5.74, 6) is 0.0529. The van der Waals surface area contributed by atoms with E-state index in [9.17, 15) is 14.5 Å². The number of pyridine rings is 1. The van der Waals surface area contributed by atoms with Crippen molar-refractivity contribution in [2.75, 3.05) is 31.8 Å². The Balaban J connectivity index is 3.28. The van der Waals surface area contributed by atoms with Gasteiger partial charge in [0.2, 0.25) is 0 Å². The van der Waals surface area contributed by atoms with Gasteiger partial charge in [-0.2, -0.15) is 0 Å². The van der Waals surface area contributed by atoms with Crippen molar-refractivity contribution in [1.29, 1.82) is 0 Å². The number of aromatic nitrogens is 1. The van der Waals surface area contributed by atoms with Gasteiger partial charge in [-0.25, -0.2) is 4.98 Å². The molecule has 27 heavy (non-hydrogen) atoms. The zero-order valence-corrected chi connectivity index (χ0v) is 17.5. The van der Waals surface area contributed by atoms with Crippen LogP contribution in [0.5, 0.6) is 0 Å². The van der Waals surface area contributed by atoms with Crippen LogP contribution in [0.2, 0.25) is 0 Å². The second kappa shape index (κ2) is 11.1. The Bertz CT molecular complexity index is 735. The summed E-state index contributed by atoms with van der Waals surface area (Å²) in [5.41, 5.74) is 1.52. The zero-order valence-electron chi connectivity index (χ0n) is 16.6. The number of carbonyl (C=O) groups is 1. The molecular weight excluding hydrogens is 367 g/mol. The largest absolute Gasteiger partial charge is 0.392 e. The number of carbonyl (C=O) groups excluding carboxylic acids is 1. The molecule has 0 spiro atoms. The standard InChI is InChI=1S/C19H29N2O5P/c1-6-10-17(15(4)13-22)19(23)21(5)18-16(11-9-12-20-18)14-27(24,25-7-2)26-8-3/h6,9-12,22H,7-8,13-14H2,1-5H3/b10-6-,17-15-. The van der Waals surface area contributed by atoms with Gasteiger partial charge in [-0.3, -0.25) is 14.3 Å². The molecule has 0 atom stereocenters. The molecule has 7 nitrogen and oxygen atoms in total. The normalized spacial score (nSPS) is 13.0. The van der Waals surface area contributed by atoms with Gasteiger partial charge < -0.3 is 14.2 Å². The first-order chi connectivity index (χ1) is 12.8. The lowest BCUT2D eigenvalue weighted by molar-refractivity contribution is -0.114. The molecule has 0 radical (unpaired) electrons. The molecule has 0 bridgehead atoms. The second-order valence-electron chi connectivity index (χ2n) is 5.81. The van der Waals surface area contributed by atoms with E-state index in [1.54, 1.807) is 65.2 Å². The van der Waals surface area contributed by atoms with E-state index in [2.05, 4.69) is 4.98 Å². The highest BCUT2D eigenvalue weighted by Gasteiger charge is 2.28. The summed E-state index contributed by atoms with van der Waals surface area (Å²) in [6, 6.07) is 3.45. The Morgan fingerprint density at radius 2 is 1.96 bits per heavy atom. The van der Waals surface area contributed by atoms with E-state index < -0.39 is 7.60 Å². The zero-order chi connectivity index (χ0) is 20.4. The highest BCUT2D eigenvalue weighted by Crippen LogP contribution is 2.52. The van der Waals surface area contributed by atoms with Crippen molar-refractivity contribution < 1.29 is 23.5 Å². The minimum absolute atomic E-state index is 0.0110. The van der Waals surface area contributed by atoms with Crippen molar-refractivity contribution in [3.63, 3.8) is 0 Å². The monoisotopic (exact) mass is 396 g/mol. The number of likely N-dealkylation sites (N-methyl/N-ethyl adjacent to an activating group) is 1. The Morgan fingerprint density at radius 1 is 1.33 bits per heavy atom. The van der Waals surface area contributed by atoms with Crippen LogP contribution in [0.3, 0.4) is 0 Å². The molecule has 0 aliphatic heterocycles. The Morgan fingerprint density at radius 3 is 2.48 bits per heavy atom. The number of aliphatic hydroxyl groups is 1. The van der Waals surface area contributed by atoms with E-state index in [4.69, 9.17) is 9.05 Å². The molecule has 8 heteroatoms. The second-order valence-corrected chi connectivity index (χ2v) is 7.86. The fourth-order valence-electron chi connectivity index (χ4n) is 2.51. The molecule has 0 saturated heterocycles. The van der Waals surface area contributed by atoms with Crippen molar-refractivity contribution in [2.45, 2.75) is 33.9 Å². The first-order valence-electron chi connectivity index (χ1n) is 8.86. The highest BCUT2D eigenvalue weighted by atomic mass is 31.2. The van der Waals surface area contributed by atoms with Crippen LogP contribution in [0.1, 0.15) is 33.3 Å². The van der Waals surface area contributed by atoms with Gasteiger partial charge in [0.25, 0.3) is 5.91 Å². The van der Waals surface area contributed by atoms with Gasteiger partial charge in [-0.05, 0) is 39.3 Å². The molecule has 0 aliphatic carbocycles. The summed E-state index contributed by atoms with van der Waals surface area (Å²) < 4.78 is 23.6. The average Bonchev–Trinajstić information content (AvgIpc) is 2.65. The molecule has 1 heterocycles. The smallest absolute Gasteiger partial charge is 0.335 e. The first kappa shape index (κ1) is 23.2. The maximum atomic E-state index is 12.9. The molecule has 1 aromatic rings. The summed E-state index contributed by atoms with van der Waals surface area (Å²) in [6.07, 6.45) is 4.96. The lowest BCUT2D eigenvalue weighted by Gasteiger charge is -2.23. The Kier molecular flexibility index (Phi) is 9.60. The van der Waals surface area contributed by atoms with E-state index in [1.807, 2.05) is 0 Å². The molecule has 0 unspecified atom stereocenters. The SMILES string of the molecule is C/C=C\C(C(=O)N(C)c1ncccc1CP(=O)(OCC)OCC)=C(/C)CO. The van der Waals surface area contributed by atoms with Crippen LogP contribution in [0, 0.1) is 0 Å². The number of allylic oxidation sites excluding steroid dienone is 1. The van der Waals surface area contributed by atoms with Crippen molar-refractivity contribution in [3.05, 3.63) is 47.2 Å². The molecule has 1 amide bonds. The molecular formula is C19H29N2O5P. The average molecular weight is 396 g/mol. The third-order valence-corrected chi connectivity index (χ3v) is 5.80. The number of hydrogen-bond acceptors (Lipinski definition) is 6. The van der Waals surface area contributed by atoms with Crippen molar-refractivity contribution in [3.8, 4) is 0 Å². The van der Waals surface area contributed by atoms with Crippen LogP contribution in [-0.4, -0.2) is 42.9 Å². The molecule has 0 fully saturated rings. The maximum absolute atomic E-state index is 12.9. The predicted molar refractivity (Wildman–Crippen MR) is 107 cm³/mol. The molecule has 0 aromatic carbocycles. The topological polar surface area (TPSA) is 89.0 Å². The van der Waals surface area contributed by atoms with Gasteiger partial charge in [0.1, 0.15) is 5.82 Å². The van der Waals surface area contributed by atoms with Gasteiger partial charge in [0, 0.05) is 24.4 Å². The maximum Gasteiger partial charge on any atom is 0.335 e. The summed E-state index contributed by atoms with van der Waals surface area (Å²) in [5, 5.41) is 9.41. The van der Waals surface area contributed by atoms with E-state index in [1.165, 1.54) is 4.90 Å². The lowest BCUT2D eigenvalue weighted by Crippen LogP contribution is -2.30. The first-order valence-corrected chi connectivity index (χ1v) is 10.6.